The minimum absolute atomic E-state index is 0.381. The molecule has 110 valence electrons. The highest BCUT2D eigenvalue weighted by atomic mass is 16.3. The summed E-state index contributed by atoms with van der Waals surface area (Å²) < 4.78 is 0. The molecule has 0 spiro atoms. The summed E-state index contributed by atoms with van der Waals surface area (Å²) in [5.74, 6) is 2.74. The summed E-state index contributed by atoms with van der Waals surface area (Å²) in [6, 6.07) is 6.48. The molecule has 2 aromatic rings. The van der Waals surface area contributed by atoms with Crippen molar-refractivity contribution in [1.82, 2.24) is 9.88 Å². The van der Waals surface area contributed by atoms with Gasteiger partial charge in [0.15, 0.2) is 0 Å². The average molecular weight is 282 g/mol. The number of hydrogen-bond donors (Lipinski definition) is 2. The number of H-pyrrole nitrogens is 1. The lowest BCUT2D eigenvalue weighted by Crippen LogP contribution is -2.55. The van der Waals surface area contributed by atoms with Gasteiger partial charge >= 0.3 is 0 Å². The van der Waals surface area contributed by atoms with Crippen molar-refractivity contribution in [2.75, 3.05) is 13.1 Å². The van der Waals surface area contributed by atoms with E-state index < -0.39 is 0 Å². The van der Waals surface area contributed by atoms with Crippen molar-refractivity contribution in [3.63, 3.8) is 0 Å². The molecule has 5 atom stereocenters. The van der Waals surface area contributed by atoms with Crippen LogP contribution in [0.15, 0.2) is 18.2 Å². The zero-order valence-corrected chi connectivity index (χ0v) is 12.5. The molecule has 1 saturated carbocycles. The second kappa shape index (κ2) is 4.04. The molecular weight excluding hydrogens is 260 g/mol. The van der Waals surface area contributed by atoms with Gasteiger partial charge in [0.2, 0.25) is 0 Å². The number of nitrogens with one attached hydrogen (secondary N) is 1. The molecule has 3 heteroatoms. The third-order valence-corrected chi connectivity index (χ3v) is 6.14. The van der Waals surface area contributed by atoms with E-state index in [9.17, 15) is 5.11 Å². The van der Waals surface area contributed by atoms with E-state index in [2.05, 4.69) is 16.8 Å². The number of nitrogens with zero attached hydrogens (tertiary/aromatic N) is 1. The molecule has 3 unspecified atom stereocenters. The number of phenols is 1. The van der Waals surface area contributed by atoms with Crippen LogP contribution in [-0.4, -0.2) is 34.1 Å². The Balaban J connectivity index is 1.72. The summed E-state index contributed by atoms with van der Waals surface area (Å²) in [5.41, 5.74) is 4.13. The molecule has 1 aromatic heterocycles. The highest BCUT2D eigenvalue weighted by molar-refractivity contribution is 5.86. The summed E-state index contributed by atoms with van der Waals surface area (Å²) in [7, 11) is 0. The minimum Gasteiger partial charge on any atom is -0.508 e. The molecule has 2 saturated heterocycles. The van der Waals surface area contributed by atoms with Crippen LogP contribution in [0.2, 0.25) is 0 Å². The molecule has 4 aliphatic rings. The number of phenolic OH excluding ortho intramolecular Hbond substituents is 1. The van der Waals surface area contributed by atoms with E-state index in [0.717, 1.165) is 24.3 Å². The summed E-state index contributed by atoms with van der Waals surface area (Å²) in [4.78, 5) is 6.45. The second-order valence-electron chi connectivity index (χ2n) is 7.40. The molecule has 1 aliphatic carbocycles. The monoisotopic (exact) mass is 282 g/mol. The van der Waals surface area contributed by atoms with Gasteiger partial charge in [0.1, 0.15) is 5.75 Å². The summed E-state index contributed by atoms with van der Waals surface area (Å²) in [5, 5.41) is 11.1. The van der Waals surface area contributed by atoms with Gasteiger partial charge in [-0.15, -0.1) is 0 Å². The molecule has 0 amide bonds. The number of benzene rings is 1. The van der Waals surface area contributed by atoms with Gasteiger partial charge in [-0.25, -0.2) is 0 Å². The molecule has 4 bridgehead atoms. The highest BCUT2D eigenvalue weighted by Crippen LogP contribution is 2.50. The van der Waals surface area contributed by atoms with Crippen LogP contribution >= 0.6 is 0 Å². The number of aromatic hydroxyl groups is 1. The first kappa shape index (κ1) is 12.1. The van der Waals surface area contributed by atoms with Crippen molar-refractivity contribution in [2.24, 2.45) is 11.8 Å². The van der Waals surface area contributed by atoms with Crippen LogP contribution in [0, 0.1) is 11.8 Å². The quantitative estimate of drug-likeness (QED) is 0.778. The molecule has 6 rings (SSSR count). The van der Waals surface area contributed by atoms with Crippen LogP contribution in [0.5, 0.6) is 5.75 Å². The van der Waals surface area contributed by atoms with E-state index in [4.69, 9.17) is 0 Å². The van der Waals surface area contributed by atoms with Gasteiger partial charge in [0.05, 0.1) is 0 Å². The van der Waals surface area contributed by atoms with Crippen LogP contribution in [0.25, 0.3) is 10.9 Å². The molecule has 0 radical (unpaired) electrons. The maximum Gasteiger partial charge on any atom is 0.116 e. The van der Waals surface area contributed by atoms with E-state index >= 15 is 0 Å². The number of fused-ring (bicyclic) bond motifs is 4. The largest absolute Gasteiger partial charge is 0.508 e. The van der Waals surface area contributed by atoms with Gasteiger partial charge in [0.25, 0.3) is 0 Å². The minimum atomic E-state index is 0.381. The summed E-state index contributed by atoms with van der Waals surface area (Å²) in [6.45, 7) is 4.92. The Hall–Kier alpha value is -1.48. The Kier molecular flexibility index (Phi) is 2.33. The summed E-state index contributed by atoms with van der Waals surface area (Å²) in [6.07, 6.45) is 3.87. The van der Waals surface area contributed by atoms with E-state index in [-0.39, 0.29) is 0 Å². The van der Waals surface area contributed by atoms with Gasteiger partial charge in [-0.05, 0) is 54.9 Å². The molecule has 3 fully saturated rings. The fourth-order valence-electron chi connectivity index (χ4n) is 5.50. The highest BCUT2D eigenvalue weighted by Gasteiger charge is 2.47. The molecular formula is C18H22N2O. The number of aromatic nitrogens is 1. The first-order chi connectivity index (χ1) is 10.2. The molecule has 3 nitrogen and oxygen atoms in total. The second-order valence-corrected chi connectivity index (χ2v) is 7.40. The molecule has 4 heterocycles. The van der Waals surface area contributed by atoms with E-state index in [1.54, 1.807) is 6.07 Å². The van der Waals surface area contributed by atoms with Crippen LogP contribution in [0.1, 0.15) is 36.9 Å². The Morgan fingerprint density at radius 3 is 3.05 bits per heavy atom. The SMILES string of the molecule is CC1C[C@H]2C[C@H]3c4[nH]c5ccc(O)cc5c4CCN(C2)C13. The molecule has 1 aromatic carbocycles. The Labute approximate surface area is 125 Å². The first-order valence-electron chi connectivity index (χ1n) is 8.28. The van der Waals surface area contributed by atoms with E-state index in [1.165, 1.54) is 48.1 Å². The first-order valence-corrected chi connectivity index (χ1v) is 8.28. The van der Waals surface area contributed by atoms with Gasteiger partial charge in [-0.2, -0.15) is 0 Å². The van der Waals surface area contributed by atoms with Crippen LogP contribution in [-0.2, 0) is 6.42 Å². The van der Waals surface area contributed by atoms with E-state index in [1.807, 2.05) is 12.1 Å². The lowest BCUT2D eigenvalue weighted by molar-refractivity contribution is -0.00516. The zero-order chi connectivity index (χ0) is 14.1. The molecule has 21 heavy (non-hydrogen) atoms. The number of piperidine rings is 2. The van der Waals surface area contributed by atoms with Gasteiger partial charge in [0, 0.05) is 41.6 Å². The third-order valence-electron chi connectivity index (χ3n) is 6.14. The number of aromatic amines is 1. The zero-order valence-electron chi connectivity index (χ0n) is 12.5. The van der Waals surface area contributed by atoms with Crippen molar-refractivity contribution in [2.45, 2.75) is 38.1 Å². The van der Waals surface area contributed by atoms with Crippen LogP contribution < -0.4 is 0 Å². The fraction of sp³-hybridized carbons (Fsp3) is 0.556. The number of rotatable bonds is 0. The molecule has 2 N–H and O–H groups in total. The average Bonchev–Trinajstić information content (AvgIpc) is 2.77. The van der Waals surface area contributed by atoms with E-state index in [0.29, 0.717) is 11.7 Å². The molecule has 3 aliphatic heterocycles. The van der Waals surface area contributed by atoms with Crippen molar-refractivity contribution >= 4 is 10.9 Å². The van der Waals surface area contributed by atoms with Crippen LogP contribution in [0.3, 0.4) is 0 Å². The van der Waals surface area contributed by atoms with Crippen molar-refractivity contribution in [3.8, 4) is 5.75 Å². The van der Waals surface area contributed by atoms with Gasteiger partial charge in [-0.3, -0.25) is 4.90 Å². The lowest BCUT2D eigenvalue weighted by Gasteiger charge is -2.52. The van der Waals surface area contributed by atoms with Crippen LogP contribution in [0.4, 0.5) is 0 Å². The van der Waals surface area contributed by atoms with Gasteiger partial charge in [-0.1, -0.05) is 6.92 Å². The predicted molar refractivity (Wildman–Crippen MR) is 83.7 cm³/mol. The predicted octanol–water partition coefficient (Wildman–Crippen LogP) is 3.24. The Bertz CT molecular complexity index is 719. The fourth-order valence-corrected chi connectivity index (χ4v) is 5.50. The maximum absolute atomic E-state index is 9.83. The van der Waals surface area contributed by atoms with Gasteiger partial charge < -0.3 is 10.1 Å². The topological polar surface area (TPSA) is 39.3 Å². The van der Waals surface area contributed by atoms with Crippen molar-refractivity contribution in [1.29, 1.82) is 0 Å². The number of hydrogen-bond acceptors (Lipinski definition) is 2. The smallest absolute Gasteiger partial charge is 0.116 e. The third kappa shape index (κ3) is 1.58. The standard InChI is InChI=1S/C18H22N2O/c1-10-6-11-7-15-17-13(4-5-20(9-11)18(10)15)14-8-12(21)2-3-16(14)19-17/h2-3,8,10-11,15,18-19,21H,4-7,9H2,1H3/t10?,11-,15-,18?/m0/s1. The summed E-state index contributed by atoms with van der Waals surface area (Å²) >= 11 is 0. The Morgan fingerprint density at radius 2 is 2.19 bits per heavy atom. The Morgan fingerprint density at radius 1 is 1.29 bits per heavy atom. The lowest BCUT2D eigenvalue weighted by atomic mass is 9.67. The normalized spacial score (nSPS) is 37.5. The van der Waals surface area contributed by atoms with Crippen molar-refractivity contribution < 1.29 is 5.11 Å². The van der Waals surface area contributed by atoms with Crippen molar-refractivity contribution in [3.05, 3.63) is 29.5 Å². The maximum atomic E-state index is 9.83.